The van der Waals surface area contributed by atoms with Gasteiger partial charge in [0.25, 0.3) is 0 Å². The van der Waals surface area contributed by atoms with Crippen LogP contribution in [-0.2, 0) is 17.8 Å². The van der Waals surface area contributed by atoms with Crippen molar-refractivity contribution < 1.29 is 4.79 Å². The zero-order chi connectivity index (χ0) is 10.1. The number of fused-ring (bicyclic) bond motifs is 1. The first-order chi connectivity index (χ1) is 6.65. The Morgan fingerprint density at radius 3 is 3.14 bits per heavy atom. The van der Waals surface area contributed by atoms with Gasteiger partial charge < -0.3 is 10.2 Å². The molecule has 0 spiro atoms. The van der Waals surface area contributed by atoms with Crippen LogP contribution in [0.1, 0.15) is 17.4 Å². The predicted molar refractivity (Wildman–Crippen MR) is 58.7 cm³/mol. The SMILES string of the molecule is CC(=O)Nc1cc2c(s1)CCN(C)C2. The van der Waals surface area contributed by atoms with Crippen LogP contribution in [0.2, 0.25) is 0 Å². The van der Waals surface area contributed by atoms with Gasteiger partial charge in [-0.25, -0.2) is 0 Å². The molecule has 0 atom stereocenters. The Kier molecular flexibility index (Phi) is 2.56. The lowest BCUT2D eigenvalue weighted by molar-refractivity contribution is -0.114. The maximum atomic E-state index is 10.9. The van der Waals surface area contributed by atoms with Crippen molar-refractivity contribution in [3.8, 4) is 0 Å². The molecule has 0 bridgehead atoms. The molecule has 0 fully saturated rings. The quantitative estimate of drug-likeness (QED) is 0.765. The maximum Gasteiger partial charge on any atom is 0.221 e. The lowest BCUT2D eigenvalue weighted by Crippen LogP contribution is -2.25. The Hall–Kier alpha value is -0.870. The number of nitrogens with zero attached hydrogens (tertiary/aromatic N) is 1. The van der Waals surface area contributed by atoms with E-state index in [2.05, 4.69) is 23.3 Å². The molecule has 0 aliphatic carbocycles. The molecular formula is C10H14N2OS. The van der Waals surface area contributed by atoms with Crippen molar-refractivity contribution in [3.63, 3.8) is 0 Å². The Labute approximate surface area is 87.7 Å². The number of carbonyl (C=O) groups excluding carboxylic acids is 1. The lowest BCUT2D eigenvalue weighted by Gasteiger charge is -2.21. The van der Waals surface area contributed by atoms with E-state index in [9.17, 15) is 4.79 Å². The molecule has 0 radical (unpaired) electrons. The topological polar surface area (TPSA) is 32.3 Å². The van der Waals surface area contributed by atoms with Crippen LogP contribution in [0.5, 0.6) is 0 Å². The minimum absolute atomic E-state index is 0.0111. The van der Waals surface area contributed by atoms with Crippen molar-refractivity contribution >= 4 is 22.2 Å². The zero-order valence-corrected chi connectivity index (χ0v) is 9.28. The van der Waals surface area contributed by atoms with Gasteiger partial charge in [-0.15, -0.1) is 11.3 Å². The number of anilines is 1. The molecule has 4 heteroatoms. The van der Waals surface area contributed by atoms with Gasteiger partial charge in [0.1, 0.15) is 0 Å². The summed E-state index contributed by atoms with van der Waals surface area (Å²) in [5.41, 5.74) is 1.37. The third kappa shape index (κ3) is 1.96. The third-order valence-corrected chi connectivity index (χ3v) is 3.51. The highest BCUT2D eigenvalue weighted by molar-refractivity contribution is 7.16. The second-order valence-electron chi connectivity index (χ2n) is 3.73. The van der Waals surface area contributed by atoms with Gasteiger partial charge in [-0.2, -0.15) is 0 Å². The van der Waals surface area contributed by atoms with E-state index in [0.717, 1.165) is 24.5 Å². The van der Waals surface area contributed by atoms with Crippen LogP contribution < -0.4 is 5.32 Å². The fourth-order valence-electron chi connectivity index (χ4n) is 1.71. The average Bonchev–Trinajstić information content (AvgIpc) is 2.44. The van der Waals surface area contributed by atoms with Gasteiger partial charge in [-0.1, -0.05) is 0 Å². The normalized spacial score (nSPS) is 16.4. The molecule has 3 nitrogen and oxygen atoms in total. The summed E-state index contributed by atoms with van der Waals surface area (Å²) in [5, 5.41) is 3.82. The van der Waals surface area contributed by atoms with Crippen molar-refractivity contribution in [3.05, 3.63) is 16.5 Å². The summed E-state index contributed by atoms with van der Waals surface area (Å²) >= 11 is 1.71. The molecule has 2 heterocycles. The van der Waals surface area contributed by atoms with E-state index in [4.69, 9.17) is 0 Å². The van der Waals surface area contributed by atoms with Crippen LogP contribution in [-0.4, -0.2) is 24.4 Å². The molecule has 0 unspecified atom stereocenters. The van der Waals surface area contributed by atoms with Crippen LogP contribution in [0.3, 0.4) is 0 Å². The van der Waals surface area contributed by atoms with Crippen LogP contribution >= 0.6 is 11.3 Å². The molecule has 1 aromatic rings. The van der Waals surface area contributed by atoms with Crippen LogP contribution in [0.15, 0.2) is 6.07 Å². The fraction of sp³-hybridized carbons (Fsp3) is 0.500. The van der Waals surface area contributed by atoms with Crippen molar-refractivity contribution in [2.24, 2.45) is 0 Å². The molecule has 1 aromatic heterocycles. The van der Waals surface area contributed by atoms with Crippen molar-refractivity contribution in [2.75, 3.05) is 18.9 Å². The number of hydrogen-bond acceptors (Lipinski definition) is 3. The maximum absolute atomic E-state index is 10.9. The highest BCUT2D eigenvalue weighted by atomic mass is 32.1. The molecule has 0 saturated heterocycles. The highest BCUT2D eigenvalue weighted by Gasteiger charge is 2.16. The number of amides is 1. The van der Waals surface area contributed by atoms with E-state index >= 15 is 0 Å². The number of carbonyl (C=O) groups is 1. The largest absolute Gasteiger partial charge is 0.318 e. The number of thiophene rings is 1. The van der Waals surface area contributed by atoms with E-state index in [1.165, 1.54) is 10.4 Å². The smallest absolute Gasteiger partial charge is 0.221 e. The highest BCUT2D eigenvalue weighted by Crippen LogP contribution is 2.30. The Morgan fingerprint density at radius 1 is 1.64 bits per heavy atom. The summed E-state index contributed by atoms with van der Waals surface area (Å²) in [4.78, 5) is 14.6. The Balaban J connectivity index is 2.19. The molecule has 1 amide bonds. The van der Waals surface area contributed by atoms with Gasteiger partial charge in [0.05, 0.1) is 5.00 Å². The van der Waals surface area contributed by atoms with Gasteiger partial charge in [-0.05, 0) is 25.1 Å². The average molecular weight is 210 g/mol. The molecule has 1 aliphatic rings. The summed E-state index contributed by atoms with van der Waals surface area (Å²) in [5.74, 6) is 0.0111. The number of rotatable bonds is 1. The van der Waals surface area contributed by atoms with Gasteiger partial charge in [0.2, 0.25) is 5.91 Å². The van der Waals surface area contributed by atoms with Crippen LogP contribution in [0, 0.1) is 0 Å². The van der Waals surface area contributed by atoms with E-state index in [0.29, 0.717) is 0 Å². The molecular weight excluding hydrogens is 196 g/mol. The summed E-state index contributed by atoms with van der Waals surface area (Å²) in [6.45, 7) is 3.67. The van der Waals surface area contributed by atoms with E-state index in [1.807, 2.05) is 0 Å². The first-order valence-electron chi connectivity index (χ1n) is 4.73. The minimum Gasteiger partial charge on any atom is -0.318 e. The van der Waals surface area contributed by atoms with Crippen molar-refractivity contribution in [1.82, 2.24) is 4.90 Å². The van der Waals surface area contributed by atoms with E-state index in [-0.39, 0.29) is 5.91 Å². The van der Waals surface area contributed by atoms with Gasteiger partial charge in [0, 0.05) is 24.9 Å². The van der Waals surface area contributed by atoms with Crippen LogP contribution in [0.25, 0.3) is 0 Å². The standard InChI is InChI=1S/C10H14N2OS/c1-7(13)11-10-5-8-6-12(2)4-3-9(8)14-10/h5H,3-4,6H2,1-2H3,(H,11,13). The first-order valence-corrected chi connectivity index (χ1v) is 5.54. The second-order valence-corrected chi connectivity index (χ2v) is 4.86. The van der Waals surface area contributed by atoms with Gasteiger partial charge in [-0.3, -0.25) is 4.79 Å². The third-order valence-electron chi connectivity index (χ3n) is 2.36. The Morgan fingerprint density at radius 2 is 2.43 bits per heavy atom. The molecule has 0 aromatic carbocycles. The lowest BCUT2D eigenvalue weighted by atomic mass is 10.1. The molecule has 0 saturated carbocycles. The monoisotopic (exact) mass is 210 g/mol. The van der Waals surface area contributed by atoms with E-state index < -0.39 is 0 Å². The summed E-state index contributed by atoms with van der Waals surface area (Å²) < 4.78 is 0. The Bertz CT molecular complexity index is 359. The fourth-order valence-corrected chi connectivity index (χ4v) is 2.82. The molecule has 14 heavy (non-hydrogen) atoms. The van der Waals surface area contributed by atoms with E-state index in [1.54, 1.807) is 18.3 Å². The summed E-state index contributed by atoms with van der Waals surface area (Å²) in [6.07, 6.45) is 1.11. The summed E-state index contributed by atoms with van der Waals surface area (Å²) in [6, 6.07) is 2.09. The molecule has 76 valence electrons. The van der Waals surface area contributed by atoms with Gasteiger partial charge in [0.15, 0.2) is 0 Å². The molecule has 2 rings (SSSR count). The first kappa shape index (κ1) is 9.68. The predicted octanol–water partition coefficient (Wildman–Crippen LogP) is 1.69. The van der Waals surface area contributed by atoms with Gasteiger partial charge >= 0.3 is 0 Å². The minimum atomic E-state index is 0.0111. The van der Waals surface area contributed by atoms with Crippen LogP contribution in [0.4, 0.5) is 5.00 Å². The zero-order valence-electron chi connectivity index (χ0n) is 8.46. The number of likely N-dealkylation sites (N-methyl/N-ethyl adjacent to an activating group) is 1. The van der Waals surface area contributed by atoms with Crippen molar-refractivity contribution in [1.29, 1.82) is 0 Å². The molecule has 1 aliphatic heterocycles. The van der Waals surface area contributed by atoms with Crippen molar-refractivity contribution in [2.45, 2.75) is 19.9 Å². The number of hydrogen-bond donors (Lipinski definition) is 1. The second kappa shape index (κ2) is 3.71. The number of nitrogens with one attached hydrogen (secondary N) is 1. The molecule has 1 N–H and O–H groups in total. The summed E-state index contributed by atoms with van der Waals surface area (Å²) in [7, 11) is 2.12.